The molecule has 3 heterocycles. The van der Waals surface area contributed by atoms with E-state index in [2.05, 4.69) is 20.2 Å². The molecule has 0 spiro atoms. The van der Waals surface area contributed by atoms with Gasteiger partial charge in [0.05, 0.1) is 19.8 Å². The average molecular weight is 383 g/mol. The summed E-state index contributed by atoms with van der Waals surface area (Å²) in [4.78, 5) is 25.3. The quantitative estimate of drug-likeness (QED) is 0.873. The lowest BCUT2D eigenvalue weighted by molar-refractivity contribution is 0.121. The van der Waals surface area contributed by atoms with Gasteiger partial charge in [-0.1, -0.05) is 12.1 Å². The molecule has 8 heteroatoms. The Morgan fingerprint density at radius 1 is 1.21 bits per heavy atom. The monoisotopic (exact) mass is 383 g/mol. The zero-order chi connectivity index (χ0) is 19.3. The molecule has 0 aliphatic carbocycles. The van der Waals surface area contributed by atoms with Gasteiger partial charge in [0.25, 0.3) is 5.88 Å². The van der Waals surface area contributed by atoms with Crippen molar-refractivity contribution in [1.29, 1.82) is 0 Å². The van der Waals surface area contributed by atoms with Gasteiger partial charge >= 0.3 is 6.03 Å². The molecule has 0 saturated carbocycles. The van der Waals surface area contributed by atoms with Crippen molar-refractivity contribution < 1.29 is 14.3 Å². The molecule has 148 valence electrons. The predicted octanol–water partition coefficient (Wildman–Crippen LogP) is 2.31. The highest BCUT2D eigenvalue weighted by Crippen LogP contribution is 2.26. The van der Waals surface area contributed by atoms with Crippen molar-refractivity contribution in [1.82, 2.24) is 14.9 Å². The third-order valence-electron chi connectivity index (χ3n) is 4.94. The molecular weight excluding hydrogens is 358 g/mol. The lowest BCUT2D eigenvalue weighted by Crippen LogP contribution is -2.37. The molecule has 1 N–H and O–H groups in total. The van der Waals surface area contributed by atoms with Gasteiger partial charge in [0.2, 0.25) is 0 Å². The summed E-state index contributed by atoms with van der Waals surface area (Å²) in [6.07, 6.45) is 3.98. The Balaban J connectivity index is 1.37. The van der Waals surface area contributed by atoms with Gasteiger partial charge < -0.3 is 24.6 Å². The number of nitrogens with zero attached hydrogens (tertiary/aromatic N) is 4. The number of carbonyl (C=O) groups is 1. The second-order valence-corrected chi connectivity index (χ2v) is 7.06. The average Bonchev–Trinajstić information content (AvgIpc) is 3.18. The summed E-state index contributed by atoms with van der Waals surface area (Å²) in [6, 6.07) is 7.67. The number of aromatic nitrogens is 2. The number of ether oxygens (including phenoxy) is 2. The summed E-state index contributed by atoms with van der Waals surface area (Å²) in [5, 5.41) is 2.95. The van der Waals surface area contributed by atoms with Gasteiger partial charge in [-0.2, -0.15) is 0 Å². The maximum absolute atomic E-state index is 12.5. The minimum atomic E-state index is -0.107. The molecule has 28 heavy (non-hydrogen) atoms. The number of likely N-dealkylation sites (tertiary alicyclic amines) is 1. The van der Waals surface area contributed by atoms with Crippen LogP contribution in [0.15, 0.2) is 36.7 Å². The first-order valence-corrected chi connectivity index (χ1v) is 9.62. The number of benzene rings is 1. The molecule has 1 aromatic heterocycles. The highest BCUT2D eigenvalue weighted by atomic mass is 16.5. The third kappa shape index (κ3) is 4.33. The van der Waals surface area contributed by atoms with Gasteiger partial charge in [0.15, 0.2) is 5.82 Å². The topological polar surface area (TPSA) is 79.8 Å². The van der Waals surface area contributed by atoms with E-state index < -0.39 is 0 Å². The lowest BCUT2D eigenvalue weighted by Gasteiger charge is -2.29. The number of amides is 2. The molecule has 2 aliphatic heterocycles. The molecular formula is C20H25N5O3. The van der Waals surface area contributed by atoms with E-state index in [-0.39, 0.29) is 12.1 Å². The molecule has 4 rings (SSSR count). The molecule has 0 radical (unpaired) electrons. The minimum absolute atomic E-state index is 0.0975. The van der Waals surface area contributed by atoms with Crippen LogP contribution in [0.3, 0.4) is 0 Å². The van der Waals surface area contributed by atoms with E-state index in [0.717, 1.165) is 36.6 Å². The fourth-order valence-corrected chi connectivity index (χ4v) is 3.49. The molecule has 2 fully saturated rings. The molecule has 1 unspecified atom stereocenters. The summed E-state index contributed by atoms with van der Waals surface area (Å²) in [6.45, 7) is 6.06. The molecule has 0 bridgehead atoms. The van der Waals surface area contributed by atoms with Crippen LogP contribution in [0.2, 0.25) is 0 Å². The van der Waals surface area contributed by atoms with Crippen LogP contribution in [0.4, 0.5) is 16.3 Å². The largest absolute Gasteiger partial charge is 0.470 e. The molecule has 1 aromatic carbocycles. The maximum atomic E-state index is 12.5. The van der Waals surface area contributed by atoms with Gasteiger partial charge in [0, 0.05) is 44.1 Å². The number of hydrogen-bond donors (Lipinski definition) is 1. The number of morpholine rings is 1. The third-order valence-corrected chi connectivity index (χ3v) is 4.94. The second kappa shape index (κ2) is 8.43. The van der Waals surface area contributed by atoms with Crippen molar-refractivity contribution >= 4 is 17.5 Å². The highest BCUT2D eigenvalue weighted by molar-refractivity contribution is 5.89. The predicted molar refractivity (Wildman–Crippen MR) is 106 cm³/mol. The number of hydrogen-bond acceptors (Lipinski definition) is 6. The fraction of sp³-hybridized carbons (Fsp3) is 0.450. The SMILES string of the molecule is Cc1cccc(NC(=O)N2CCC(Oc3nccnc3N3CCOCC3)C2)c1. The van der Waals surface area contributed by atoms with E-state index in [1.807, 2.05) is 31.2 Å². The van der Waals surface area contributed by atoms with Crippen molar-refractivity contribution in [3.05, 3.63) is 42.2 Å². The smallest absolute Gasteiger partial charge is 0.321 e. The van der Waals surface area contributed by atoms with Crippen LogP contribution in [0.25, 0.3) is 0 Å². The second-order valence-electron chi connectivity index (χ2n) is 7.06. The minimum Gasteiger partial charge on any atom is -0.470 e. The zero-order valence-electron chi connectivity index (χ0n) is 16.0. The van der Waals surface area contributed by atoms with Crippen molar-refractivity contribution in [2.75, 3.05) is 49.6 Å². The van der Waals surface area contributed by atoms with Gasteiger partial charge in [-0.3, -0.25) is 0 Å². The number of carbonyl (C=O) groups excluding carboxylic acids is 1. The number of anilines is 2. The van der Waals surface area contributed by atoms with Crippen LogP contribution in [-0.4, -0.2) is 66.4 Å². The van der Waals surface area contributed by atoms with Crippen molar-refractivity contribution in [2.45, 2.75) is 19.4 Å². The van der Waals surface area contributed by atoms with E-state index in [4.69, 9.17) is 9.47 Å². The van der Waals surface area contributed by atoms with Crippen molar-refractivity contribution in [3.8, 4) is 5.88 Å². The molecule has 2 aliphatic rings. The van der Waals surface area contributed by atoms with Crippen molar-refractivity contribution in [3.63, 3.8) is 0 Å². The first-order valence-electron chi connectivity index (χ1n) is 9.62. The van der Waals surface area contributed by atoms with Crippen LogP contribution in [0.5, 0.6) is 5.88 Å². The van der Waals surface area contributed by atoms with Gasteiger partial charge in [0.1, 0.15) is 6.10 Å². The molecule has 1 atom stereocenters. The summed E-state index contributed by atoms with van der Waals surface area (Å²) < 4.78 is 11.5. The molecule has 8 nitrogen and oxygen atoms in total. The maximum Gasteiger partial charge on any atom is 0.321 e. The Kier molecular flexibility index (Phi) is 5.57. The Bertz CT molecular complexity index is 825. The summed E-state index contributed by atoms with van der Waals surface area (Å²) >= 11 is 0. The first kappa shape index (κ1) is 18.5. The standard InChI is InChI=1S/C20H25N5O3/c1-15-3-2-4-16(13-15)23-20(26)25-8-5-17(14-25)28-19-18(21-6-7-22-19)24-9-11-27-12-10-24/h2-4,6-7,13,17H,5,8-12,14H2,1H3,(H,23,26). The summed E-state index contributed by atoms with van der Waals surface area (Å²) in [5.41, 5.74) is 1.91. The molecule has 2 aromatic rings. The zero-order valence-corrected chi connectivity index (χ0v) is 16.0. The van der Waals surface area contributed by atoms with Crippen molar-refractivity contribution in [2.24, 2.45) is 0 Å². The van der Waals surface area contributed by atoms with E-state index >= 15 is 0 Å². The van der Waals surface area contributed by atoms with Gasteiger partial charge in [-0.15, -0.1) is 0 Å². The van der Waals surface area contributed by atoms with Crippen LogP contribution < -0.4 is 15.0 Å². The van der Waals surface area contributed by atoms with E-state index in [1.54, 1.807) is 17.3 Å². The molecule has 2 amide bonds. The Labute approximate surface area is 164 Å². The highest BCUT2D eigenvalue weighted by Gasteiger charge is 2.29. The van der Waals surface area contributed by atoms with Crippen LogP contribution >= 0.6 is 0 Å². The van der Waals surface area contributed by atoms with Gasteiger partial charge in [-0.05, 0) is 24.6 Å². The van der Waals surface area contributed by atoms with E-state index in [1.165, 1.54) is 0 Å². The van der Waals surface area contributed by atoms with Gasteiger partial charge in [-0.25, -0.2) is 14.8 Å². The Morgan fingerprint density at radius 3 is 2.86 bits per heavy atom. The fourth-order valence-electron chi connectivity index (χ4n) is 3.49. The van der Waals surface area contributed by atoms with E-state index in [9.17, 15) is 4.79 Å². The number of nitrogens with one attached hydrogen (secondary N) is 1. The summed E-state index contributed by atoms with van der Waals surface area (Å²) in [5.74, 6) is 1.27. The van der Waals surface area contributed by atoms with Crippen LogP contribution in [0, 0.1) is 6.92 Å². The van der Waals surface area contributed by atoms with Crippen LogP contribution in [0.1, 0.15) is 12.0 Å². The normalized spacial score (nSPS) is 19.5. The summed E-state index contributed by atoms with van der Waals surface area (Å²) in [7, 11) is 0. The number of rotatable bonds is 4. The number of urea groups is 1. The van der Waals surface area contributed by atoms with Crippen LogP contribution in [-0.2, 0) is 4.74 Å². The molecule has 2 saturated heterocycles. The first-order chi connectivity index (χ1) is 13.7. The Hall–Kier alpha value is -2.87. The Morgan fingerprint density at radius 2 is 2.04 bits per heavy atom. The number of aryl methyl sites for hydroxylation is 1. The lowest BCUT2D eigenvalue weighted by atomic mass is 10.2. The van der Waals surface area contributed by atoms with E-state index in [0.29, 0.717) is 32.2 Å².